The fourth-order valence-corrected chi connectivity index (χ4v) is 6.49. The van der Waals surface area contributed by atoms with Crippen LogP contribution in [0.25, 0.3) is 11.1 Å². The van der Waals surface area contributed by atoms with Gasteiger partial charge in [0, 0.05) is 44.1 Å². The first-order chi connectivity index (χ1) is 23.6. The molecule has 11 nitrogen and oxygen atoms in total. The van der Waals surface area contributed by atoms with Gasteiger partial charge in [0.25, 0.3) is 0 Å². The number of benzene rings is 2. The summed E-state index contributed by atoms with van der Waals surface area (Å²) < 4.78 is 17.0. The average Bonchev–Trinajstić information content (AvgIpc) is 3.42. The number of piperidine rings is 1. The Morgan fingerprint density at radius 1 is 0.918 bits per heavy atom. The van der Waals surface area contributed by atoms with E-state index in [0.717, 1.165) is 19.3 Å². The van der Waals surface area contributed by atoms with Crippen molar-refractivity contribution < 1.29 is 38.8 Å². The molecular formula is C38H55N3O8. The maximum Gasteiger partial charge on any atom is 0.407 e. The summed E-state index contributed by atoms with van der Waals surface area (Å²) in [6.45, 7) is 9.14. The smallest absolute Gasteiger partial charge is 0.407 e. The second-order valence-electron chi connectivity index (χ2n) is 14.5. The number of ether oxygens (including phenoxy) is 3. The number of nitrogens with zero attached hydrogens (tertiary/aromatic N) is 1. The van der Waals surface area contributed by atoms with Gasteiger partial charge in [0.15, 0.2) is 0 Å². The molecule has 1 saturated heterocycles. The van der Waals surface area contributed by atoms with Crippen molar-refractivity contribution in [3.63, 3.8) is 0 Å². The summed E-state index contributed by atoms with van der Waals surface area (Å²) in [5.74, 6) is -0.0988. The van der Waals surface area contributed by atoms with Gasteiger partial charge in [-0.15, -0.1) is 0 Å². The summed E-state index contributed by atoms with van der Waals surface area (Å²) in [6.07, 6.45) is 3.13. The van der Waals surface area contributed by atoms with Crippen molar-refractivity contribution in [1.82, 2.24) is 15.5 Å². The number of carbonyl (C=O) groups excluding carboxylic acids is 3. The number of nitrogens with one attached hydrogen (secondary N) is 2. The molecule has 2 aromatic carbocycles. The average molecular weight is 682 g/mol. The highest BCUT2D eigenvalue weighted by atomic mass is 16.5. The van der Waals surface area contributed by atoms with Crippen molar-refractivity contribution in [2.24, 2.45) is 16.7 Å². The predicted molar refractivity (Wildman–Crippen MR) is 187 cm³/mol. The largest absolute Gasteiger partial charge is 0.449 e. The van der Waals surface area contributed by atoms with Crippen LogP contribution < -0.4 is 10.6 Å². The van der Waals surface area contributed by atoms with E-state index in [9.17, 15) is 24.6 Å². The number of carbonyl (C=O) groups is 3. The molecule has 0 radical (unpaired) electrons. The minimum Gasteiger partial charge on any atom is -0.449 e. The standard InChI is InChI=1S/C38H55N3O8/c1-28(9-8-17-40-36(46)49-22-33-31-12-6-4-10-29(31)30-11-5-7-13-32(30)33)21-48-27-37(2,3)14-18-39-34(44)23-47-24-35(45)41-19-15-38(25-42,26-43)16-20-41/h4-7,10-13,28,33,42-43H,8-9,14-27H2,1-3H3,(H,39,44)(H,40,46)/t28-/m1/s1. The number of hydrogen-bond donors (Lipinski definition) is 4. The Bertz CT molecular complexity index is 1320. The molecule has 3 amide bonds. The van der Waals surface area contributed by atoms with Crippen molar-refractivity contribution in [3.8, 4) is 11.1 Å². The third-order valence-corrected chi connectivity index (χ3v) is 9.81. The molecule has 0 saturated carbocycles. The molecule has 2 aromatic rings. The lowest BCUT2D eigenvalue weighted by molar-refractivity contribution is -0.141. The summed E-state index contributed by atoms with van der Waals surface area (Å²) in [7, 11) is 0. The summed E-state index contributed by atoms with van der Waals surface area (Å²) in [5.41, 5.74) is 4.14. The highest BCUT2D eigenvalue weighted by Crippen LogP contribution is 2.44. The van der Waals surface area contributed by atoms with Crippen molar-refractivity contribution >= 4 is 17.9 Å². The van der Waals surface area contributed by atoms with E-state index in [1.165, 1.54) is 22.3 Å². The fourth-order valence-electron chi connectivity index (χ4n) is 6.49. The Balaban J connectivity index is 1.00. The first-order valence-electron chi connectivity index (χ1n) is 17.6. The van der Waals surface area contributed by atoms with Crippen LogP contribution in [-0.2, 0) is 23.8 Å². The molecule has 0 bridgehead atoms. The van der Waals surface area contributed by atoms with E-state index in [0.29, 0.717) is 64.8 Å². The van der Waals surface area contributed by atoms with Gasteiger partial charge in [-0.2, -0.15) is 0 Å². The molecule has 4 rings (SSSR count). The van der Waals surface area contributed by atoms with Crippen LogP contribution in [0.5, 0.6) is 0 Å². The molecule has 1 fully saturated rings. The van der Waals surface area contributed by atoms with Crippen molar-refractivity contribution in [2.45, 2.75) is 58.8 Å². The second-order valence-corrected chi connectivity index (χ2v) is 14.5. The molecule has 0 spiro atoms. The minimum atomic E-state index is -0.524. The summed E-state index contributed by atoms with van der Waals surface area (Å²) in [5, 5.41) is 24.8. The van der Waals surface area contributed by atoms with Gasteiger partial charge in [-0.3, -0.25) is 9.59 Å². The van der Waals surface area contributed by atoms with Gasteiger partial charge in [0.1, 0.15) is 19.8 Å². The topological polar surface area (TPSA) is 147 Å². The Morgan fingerprint density at radius 2 is 1.55 bits per heavy atom. The van der Waals surface area contributed by atoms with Crippen LogP contribution in [0.2, 0.25) is 0 Å². The first kappa shape index (κ1) is 38.3. The van der Waals surface area contributed by atoms with E-state index >= 15 is 0 Å². The normalized spacial score (nSPS) is 16.1. The van der Waals surface area contributed by atoms with E-state index in [4.69, 9.17) is 14.2 Å². The summed E-state index contributed by atoms with van der Waals surface area (Å²) in [6, 6.07) is 16.6. The molecule has 2 aliphatic rings. The Morgan fingerprint density at radius 3 is 2.18 bits per heavy atom. The molecule has 1 aliphatic heterocycles. The minimum absolute atomic E-state index is 0.0436. The lowest BCUT2D eigenvalue weighted by Crippen LogP contribution is -2.47. The quantitative estimate of drug-likeness (QED) is 0.162. The number of aliphatic hydroxyl groups is 2. The van der Waals surface area contributed by atoms with E-state index in [1.807, 2.05) is 24.3 Å². The van der Waals surface area contributed by atoms with E-state index in [-0.39, 0.29) is 49.6 Å². The van der Waals surface area contributed by atoms with Crippen LogP contribution in [0.4, 0.5) is 4.79 Å². The first-order valence-corrected chi connectivity index (χ1v) is 17.6. The molecule has 11 heteroatoms. The van der Waals surface area contributed by atoms with E-state index in [1.54, 1.807) is 4.90 Å². The predicted octanol–water partition coefficient (Wildman–Crippen LogP) is 4.10. The maximum atomic E-state index is 12.4. The molecule has 0 unspecified atom stereocenters. The fraction of sp³-hybridized carbons (Fsp3) is 0.605. The summed E-state index contributed by atoms with van der Waals surface area (Å²) >= 11 is 0. The van der Waals surface area contributed by atoms with Gasteiger partial charge in [-0.1, -0.05) is 69.3 Å². The Labute approximate surface area is 290 Å². The van der Waals surface area contributed by atoms with Gasteiger partial charge >= 0.3 is 6.09 Å². The number of fused-ring (bicyclic) bond motifs is 3. The number of rotatable bonds is 19. The maximum absolute atomic E-state index is 12.4. The number of aliphatic hydroxyl groups excluding tert-OH is 2. The monoisotopic (exact) mass is 681 g/mol. The Kier molecular flexibility index (Phi) is 14.4. The van der Waals surface area contributed by atoms with Crippen molar-refractivity contribution in [3.05, 3.63) is 59.7 Å². The van der Waals surface area contributed by atoms with Crippen LogP contribution in [0.3, 0.4) is 0 Å². The highest BCUT2D eigenvalue weighted by Gasteiger charge is 2.35. The van der Waals surface area contributed by atoms with E-state index in [2.05, 4.69) is 55.7 Å². The lowest BCUT2D eigenvalue weighted by atomic mass is 9.80. The van der Waals surface area contributed by atoms with Gasteiger partial charge in [-0.05, 0) is 65.7 Å². The molecule has 49 heavy (non-hydrogen) atoms. The van der Waals surface area contributed by atoms with Crippen LogP contribution in [0.15, 0.2) is 48.5 Å². The van der Waals surface area contributed by atoms with E-state index < -0.39 is 11.5 Å². The number of amides is 3. The van der Waals surface area contributed by atoms with Crippen molar-refractivity contribution in [2.75, 3.05) is 72.4 Å². The SMILES string of the molecule is C[C@H](CCCNC(=O)OCC1c2ccccc2-c2ccccc21)COCC(C)(C)CCNC(=O)COCC(=O)N1CCC(CO)(CO)CC1. The number of hydrogen-bond acceptors (Lipinski definition) is 8. The molecule has 1 atom stereocenters. The molecule has 4 N–H and O–H groups in total. The molecular weight excluding hydrogens is 626 g/mol. The molecule has 1 aliphatic carbocycles. The second kappa shape index (κ2) is 18.5. The molecule has 0 aromatic heterocycles. The van der Waals surface area contributed by atoms with Crippen LogP contribution in [0.1, 0.15) is 69.9 Å². The van der Waals surface area contributed by atoms with Gasteiger partial charge < -0.3 is 40.0 Å². The molecule has 270 valence electrons. The lowest BCUT2D eigenvalue weighted by Gasteiger charge is -2.39. The van der Waals surface area contributed by atoms with Gasteiger partial charge in [-0.25, -0.2) is 4.79 Å². The zero-order chi connectivity index (χ0) is 35.3. The highest BCUT2D eigenvalue weighted by molar-refractivity contribution is 5.80. The molecule has 1 heterocycles. The van der Waals surface area contributed by atoms with Gasteiger partial charge in [0.05, 0.1) is 19.8 Å². The van der Waals surface area contributed by atoms with Crippen LogP contribution >= 0.6 is 0 Å². The number of likely N-dealkylation sites (tertiary alicyclic amines) is 1. The zero-order valence-corrected chi connectivity index (χ0v) is 29.4. The van der Waals surface area contributed by atoms with Crippen LogP contribution in [0, 0.1) is 16.7 Å². The number of alkyl carbamates (subject to hydrolysis) is 1. The third-order valence-electron chi connectivity index (χ3n) is 9.81. The third kappa shape index (κ3) is 11.3. The summed E-state index contributed by atoms with van der Waals surface area (Å²) in [4.78, 5) is 38.7. The van der Waals surface area contributed by atoms with Crippen molar-refractivity contribution in [1.29, 1.82) is 0 Å². The van der Waals surface area contributed by atoms with Gasteiger partial charge in [0.2, 0.25) is 11.8 Å². The zero-order valence-electron chi connectivity index (χ0n) is 29.4. The Hall–Kier alpha value is -3.51. The van der Waals surface area contributed by atoms with Crippen LogP contribution in [-0.4, -0.2) is 105 Å².